The molecule has 0 aromatic carbocycles. The smallest absolute Gasteiger partial charge is 0.223 e. The van der Waals surface area contributed by atoms with E-state index < -0.39 is 9.84 Å². The molecule has 23 heavy (non-hydrogen) atoms. The van der Waals surface area contributed by atoms with Crippen LogP contribution in [0.5, 0.6) is 0 Å². The molecular weight excluding hydrogens is 332 g/mol. The number of carbonyl (C=O) groups is 1. The minimum atomic E-state index is -3.08. The summed E-state index contributed by atoms with van der Waals surface area (Å²) >= 11 is 1.76. The van der Waals surface area contributed by atoms with Crippen LogP contribution in [0.2, 0.25) is 0 Å². The van der Waals surface area contributed by atoms with E-state index in [1.807, 2.05) is 4.90 Å². The second-order valence-electron chi connectivity index (χ2n) is 6.21. The highest BCUT2D eigenvalue weighted by Crippen LogP contribution is 2.20. The highest BCUT2D eigenvalue weighted by molar-refractivity contribution is 7.94. The van der Waals surface area contributed by atoms with Crippen molar-refractivity contribution in [1.29, 1.82) is 0 Å². The third-order valence-electron chi connectivity index (χ3n) is 4.34. The molecule has 1 fully saturated rings. The van der Waals surface area contributed by atoms with Crippen molar-refractivity contribution < 1.29 is 13.2 Å². The molecule has 1 saturated heterocycles. The highest BCUT2D eigenvalue weighted by Gasteiger charge is 2.27. The molecule has 3 heterocycles. The van der Waals surface area contributed by atoms with Crippen LogP contribution < -0.4 is 0 Å². The van der Waals surface area contributed by atoms with Crippen molar-refractivity contribution in [2.24, 2.45) is 5.92 Å². The monoisotopic (exact) mass is 354 g/mol. The van der Waals surface area contributed by atoms with E-state index in [0.29, 0.717) is 6.42 Å². The predicted octanol–water partition coefficient (Wildman–Crippen LogP) is 1.73. The van der Waals surface area contributed by atoms with Gasteiger partial charge in [-0.25, -0.2) is 8.42 Å². The molecule has 0 N–H and O–H groups in total. The van der Waals surface area contributed by atoms with Crippen LogP contribution in [0.25, 0.3) is 0 Å². The second-order valence-corrected chi connectivity index (χ2v) is 9.18. The molecule has 5 nitrogen and oxygen atoms in total. The number of allylic oxidation sites excluding steroid dienone is 1. The van der Waals surface area contributed by atoms with Gasteiger partial charge in [-0.1, -0.05) is 12.1 Å². The molecule has 2 aliphatic heterocycles. The van der Waals surface area contributed by atoms with Gasteiger partial charge in [-0.2, -0.15) is 0 Å². The third-order valence-corrected chi connectivity index (χ3v) is 6.67. The Morgan fingerprint density at radius 1 is 1.26 bits per heavy atom. The lowest BCUT2D eigenvalue weighted by molar-refractivity contribution is -0.131. The van der Waals surface area contributed by atoms with Gasteiger partial charge in [-0.05, 0) is 17.9 Å². The zero-order chi connectivity index (χ0) is 16.3. The maximum absolute atomic E-state index is 12.4. The minimum absolute atomic E-state index is 0.0784. The quantitative estimate of drug-likeness (QED) is 0.826. The lowest BCUT2D eigenvalue weighted by Gasteiger charge is -2.22. The van der Waals surface area contributed by atoms with Gasteiger partial charge in [0, 0.05) is 55.3 Å². The summed E-state index contributed by atoms with van der Waals surface area (Å²) in [6, 6.07) is 4.21. The van der Waals surface area contributed by atoms with Gasteiger partial charge < -0.3 is 4.90 Å². The third kappa shape index (κ3) is 4.65. The topological polar surface area (TPSA) is 57.7 Å². The fraction of sp³-hybridized carbons (Fsp3) is 0.562. The molecule has 126 valence electrons. The van der Waals surface area contributed by atoms with Crippen molar-refractivity contribution in [3.8, 4) is 0 Å². The van der Waals surface area contributed by atoms with Crippen molar-refractivity contribution in [2.45, 2.75) is 19.4 Å². The number of hydrogen-bond acceptors (Lipinski definition) is 5. The molecule has 1 amide bonds. The summed E-state index contributed by atoms with van der Waals surface area (Å²) in [6.07, 6.45) is 2.94. The summed E-state index contributed by atoms with van der Waals surface area (Å²) in [6.45, 7) is 4.32. The number of thiophene rings is 1. The molecule has 0 spiro atoms. The first-order valence-electron chi connectivity index (χ1n) is 7.95. The molecule has 1 unspecified atom stereocenters. The lowest BCUT2D eigenvalue weighted by atomic mass is 10.1. The fourth-order valence-corrected chi connectivity index (χ4v) is 5.27. The highest BCUT2D eigenvalue weighted by atomic mass is 32.2. The molecule has 0 aliphatic carbocycles. The summed E-state index contributed by atoms with van der Waals surface area (Å²) < 4.78 is 22.9. The number of carbonyl (C=O) groups excluding carboxylic acids is 1. The van der Waals surface area contributed by atoms with Gasteiger partial charge in [0.2, 0.25) is 5.91 Å². The Hall–Kier alpha value is -1.18. The van der Waals surface area contributed by atoms with Gasteiger partial charge in [-0.15, -0.1) is 11.3 Å². The molecule has 0 bridgehead atoms. The van der Waals surface area contributed by atoms with E-state index in [-0.39, 0.29) is 17.6 Å². The van der Waals surface area contributed by atoms with Crippen LogP contribution in [0, 0.1) is 5.92 Å². The van der Waals surface area contributed by atoms with Crippen molar-refractivity contribution in [3.05, 3.63) is 33.9 Å². The van der Waals surface area contributed by atoms with Crippen LogP contribution in [0.4, 0.5) is 0 Å². The first-order valence-corrected chi connectivity index (χ1v) is 10.5. The normalized spacial score (nSPS) is 24.7. The summed E-state index contributed by atoms with van der Waals surface area (Å²) in [7, 11) is -3.08. The predicted molar refractivity (Wildman–Crippen MR) is 91.8 cm³/mol. The standard InChI is InChI=1S/C16H22N2O3S2/c19-16(11-14-4-10-23(20,21)13-14)18-6-2-5-17(7-8-18)12-15-3-1-9-22-15/h1,3-4,9-10,14H,2,5-8,11-13H2. The Morgan fingerprint density at radius 3 is 2.83 bits per heavy atom. The average molecular weight is 354 g/mol. The largest absolute Gasteiger partial charge is 0.341 e. The SMILES string of the molecule is O=C(CC1C=CS(=O)(=O)C1)N1CCCN(Cc2cccs2)CC1. The van der Waals surface area contributed by atoms with Gasteiger partial charge in [0.05, 0.1) is 5.75 Å². The summed E-state index contributed by atoms with van der Waals surface area (Å²) in [5.74, 6) is 0.00423. The molecular formula is C16H22N2O3S2. The fourth-order valence-electron chi connectivity index (χ4n) is 3.12. The molecule has 0 saturated carbocycles. The number of sulfone groups is 1. The lowest BCUT2D eigenvalue weighted by Crippen LogP contribution is -2.36. The number of rotatable bonds is 4. The minimum Gasteiger partial charge on any atom is -0.341 e. The Bertz CT molecular complexity index is 668. The maximum atomic E-state index is 12.4. The summed E-state index contributed by atoms with van der Waals surface area (Å²) in [5.41, 5.74) is 0. The van der Waals surface area contributed by atoms with Crippen LogP contribution in [-0.2, 0) is 21.2 Å². The van der Waals surface area contributed by atoms with E-state index in [1.165, 1.54) is 10.3 Å². The van der Waals surface area contributed by atoms with E-state index in [0.717, 1.165) is 39.1 Å². The van der Waals surface area contributed by atoms with Crippen LogP contribution in [0.1, 0.15) is 17.7 Å². The Balaban J connectivity index is 1.49. The molecule has 1 atom stereocenters. The van der Waals surface area contributed by atoms with E-state index >= 15 is 0 Å². The zero-order valence-corrected chi connectivity index (χ0v) is 14.7. The molecule has 3 rings (SSSR count). The zero-order valence-electron chi connectivity index (χ0n) is 13.1. The van der Waals surface area contributed by atoms with Crippen LogP contribution in [0.3, 0.4) is 0 Å². The molecule has 1 aromatic heterocycles. The van der Waals surface area contributed by atoms with E-state index in [2.05, 4.69) is 22.4 Å². The number of nitrogens with zero attached hydrogens (tertiary/aromatic N) is 2. The first-order chi connectivity index (χ1) is 11.0. The first kappa shape index (κ1) is 16.7. The van der Waals surface area contributed by atoms with E-state index in [1.54, 1.807) is 17.4 Å². The van der Waals surface area contributed by atoms with Gasteiger partial charge in [0.1, 0.15) is 0 Å². The van der Waals surface area contributed by atoms with Crippen molar-refractivity contribution in [3.63, 3.8) is 0 Å². The summed E-state index contributed by atoms with van der Waals surface area (Å²) in [4.78, 5) is 18.1. The average Bonchev–Trinajstić information content (AvgIpc) is 3.04. The van der Waals surface area contributed by atoms with Crippen molar-refractivity contribution in [1.82, 2.24) is 9.80 Å². The van der Waals surface area contributed by atoms with Crippen LogP contribution in [-0.4, -0.2) is 56.1 Å². The Kier molecular flexibility index (Phi) is 5.18. The number of hydrogen-bond donors (Lipinski definition) is 0. The molecule has 1 aromatic rings. The molecule has 7 heteroatoms. The summed E-state index contributed by atoms with van der Waals surface area (Å²) in [5, 5.41) is 3.34. The van der Waals surface area contributed by atoms with Crippen LogP contribution in [0.15, 0.2) is 29.0 Å². The van der Waals surface area contributed by atoms with E-state index in [4.69, 9.17) is 0 Å². The van der Waals surface area contributed by atoms with Crippen molar-refractivity contribution >= 4 is 27.1 Å². The molecule has 2 aliphatic rings. The Morgan fingerprint density at radius 2 is 2.13 bits per heavy atom. The Labute approximate surface area is 141 Å². The van der Waals surface area contributed by atoms with Crippen molar-refractivity contribution in [2.75, 3.05) is 31.9 Å². The van der Waals surface area contributed by atoms with Gasteiger partial charge in [-0.3, -0.25) is 9.69 Å². The second kappa shape index (κ2) is 7.15. The van der Waals surface area contributed by atoms with Crippen LogP contribution >= 0.6 is 11.3 Å². The number of amides is 1. The van der Waals surface area contributed by atoms with Gasteiger partial charge in [0.25, 0.3) is 0 Å². The van der Waals surface area contributed by atoms with Gasteiger partial charge >= 0.3 is 0 Å². The maximum Gasteiger partial charge on any atom is 0.223 e. The van der Waals surface area contributed by atoms with E-state index in [9.17, 15) is 13.2 Å². The molecule has 0 radical (unpaired) electrons. The van der Waals surface area contributed by atoms with Gasteiger partial charge in [0.15, 0.2) is 9.84 Å².